The Hall–Kier alpha value is -3.23. The molecule has 0 saturated carbocycles. The van der Waals surface area contributed by atoms with Crippen LogP contribution in [-0.4, -0.2) is 44.8 Å². The maximum Gasteiger partial charge on any atom is 0.310 e. The maximum absolute atomic E-state index is 12.9. The molecule has 3 rings (SSSR count). The van der Waals surface area contributed by atoms with E-state index in [4.69, 9.17) is 4.74 Å². The molecule has 0 saturated heterocycles. The number of anilines is 1. The Morgan fingerprint density at radius 1 is 0.968 bits per heavy atom. The van der Waals surface area contributed by atoms with Gasteiger partial charge in [-0.25, -0.2) is 8.42 Å². The molecular formula is C23H24N2O5S. The molecule has 0 radical (unpaired) electrons. The fraction of sp³-hybridized carbons (Fsp3) is 0.217. The highest BCUT2D eigenvalue weighted by Crippen LogP contribution is 2.21. The number of benzene rings is 3. The molecule has 0 aliphatic rings. The quantitative estimate of drug-likeness (QED) is 0.543. The summed E-state index contributed by atoms with van der Waals surface area (Å²) in [6.07, 6.45) is 0.148. The minimum absolute atomic E-state index is 0.129. The van der Waals surface area contributed by atoms with Crippen LogP contribution < -0.4 is 5.32 Å². The van der Waals surface area contributed by atoms with Gasteiger partial charge in [0.05, 0.1) is 24.5 Å². The average molecular weight is 441 g/mol. The third-order valence-corrected chi connectivity index (χ3v) is 6.49. The SMILES string of the molecule is CCOC(=O)Cc1ccc(NC(=O)CN(C)S(=O)(=O)c2ccc3ccccc3c2)cc1. The molecule has 0 atom stereocenters. The lowest BCUT2D eigenvalue weighted by Gasteiger charge is -2.17. The van der Waals surface area contributed by atoms with Gasteiger partial charge < -0.3 is 10.1 Å². The van der Waals surface area contributed by atoms with Gasteiger partial charge in [-0.15, -0.1) is 0 Å². The number of sulfonamides is 1. The zero-order valence-corrected chi connectivity index (χ0v) is 18.2. The molecule has 31 heavy (non-hydrogen) atoms. The van der Waals surface area contributed by atoms with Gasteiger partial charge in [-0.05, 0) is 47.5 Å². The Kier molecular flexibility index (Phi) is 7.04. The third kappa shape index (κ3) is 5.68. The second-order valence-corrected chi connectivity index (χ2v) is 9.04. The van der Waals surface area contributed by atoms with Gasteiger partial charge in [-0.2, -0.15) is 4.31 Å². The Bertz CT molecular complexity index is 1190. The van der Waals surface area contributed by atoms with Crippen LogP contribution in [0.15, 0.2) is 71.6 Å². The standard InChI is InChI=1S/C23H24N2O5S/c1-3-30-23(27)14-17-8-11-20(12-9-17)24-22(26)16-25(2)31(28,29)21-13-10-18-6-4-5-7-19(18)15-21/h4-13,15H,3,14,16H2,1-2H3,(H,24,26). The van der Waals surface area contributed by atoms with Crippen LogP contribution in [0.25, 0.3) is 10.8 Å². The third-order valence-electron chi connectivity index (χ3n) is 4.69. The maximum atomic E-state index is 12.9. The molecule has 0 heterocycles. The van der Waals surface area contributed by atoms with E-state index in [1.807, 2.05) is 24.3 Å². The van der Waals surface area contributed by atoms with Crippen molar-refractivity contribution >= 4 is 38.4 Å². The molecule has 0 aliphatic heterocycles. The van der Waals surface area contributed by atoms with Crippen molar-refractivity contribution in [3.8, 4) is 0 Å². The first-order chi connectivity index (χ1) is 14.8. The van der Waals surface area contributed by atoms with Crippen LogP contribution in [0.5, 0.6) is 0 Å². The van der Waals surface area contributed by atoms with E-state index >= 15 is 0 Å². The van der Waals surface area contributed by atoms with Gasteiger partial charge >= 0.3 is 5.97 Å². The van der Waals surface area contributed by atoms with Gasteiger partial charge in [-0.3, -0.25) is 9.59 Å². The number of esters is 1. The predicted molar refractivity (Wildman–Crippen MR) is 119 cm³/mol. The lowest BCUT2D eigenvalue weighted by atomic mass is 10.1. The number of likely N-dealkylation sites (N-methyl/N-ethyl adjacent to an activating group) is 1. The molecule has 1 amide bonds. The fourth-order valence-corrected chi connectivity index (χ4v) is 4.24. The minimum atomic E-state index is -3.82. The second kappa shape index (κ2) is 9.72. The van der Waals surface area contributed by atoms with Gasteiger partial charge in [0, 0.05) is 12.7 Å². The number of rotatable bonds is 8. The topological polar surface area (TPSA) is 92.8 Å². The van der Waals surface area contributed by atoms with E-state index in [1.54, 1.807) is 43.3 Å². The molecule has 8 heteroatoms. The summed E-state index contributed by atoms with van der Waals surface area (Å²) in [6.45, 7) is 1.73. The summed E-state index contributed by atoms with van der Waals surface area (Å²) in [7, 11) is -2.45. The first-order valence-corrected chi connectivity index (χ1v) is 11.2. The Morgan fingerprint density at radius 2 is 1.65 bits per heavy atom. The normalized spacial score (nSPS) is 11.5. The minimum Gasteiger partial charge on any atom is -0.466 e. The number of hydrogen-bond acceptors (Lipinski definition) is 5. The lowest BCUT2D eigenvalue weighted by Crippen LogP contribution is -2.34. The predicted octanol–water partition coefficient (Wildman–Crippen LogP) is 3.20. The monoisotopic (exact) mass is 440 g/mol. The number of ether oxygens (including phenoxy) is 1. The molecule has 0 fully saturated rings. The number of nitrogens with one attached hydrogen (secondary N) is 1. The molecule has 3 aromatic carbocycles. The zero-order valence-electron chi connectivity index (χ0n) is 17.4. The summed E-state index contributed by atoms with van der Waals surface area (Å²) in [6, 6.07) is 19.1. The van der Waals surface area contributed by atoms with Crippen LogP contribution in [0.2, 0.25) is 0 Å². The van der Waals surface area contributed by atoms with Gasteiger partial charge in [0.2, 0.25) is 15.9 Å². The molecule has 162 valence electrons. The van der Waals surface area contributed by atoms with E-state index in [-0.39, 0.29) is 23.8 Å². The van der Waals surface area contributed by atoms with Crippen LogP contribution in [0.4, 0.5) is 5.69 Å². The average Bonchev–Trinajstić information content (AvgIpc) is 2.74. The van der Waals surface area contributed by atoms with Crippen molar-refractivity contribution in [3.63, 3.8) is 0 Å². The van der Waals surface area contributed by atoms with Gasteiger partial charge in [-0.1, -0.05) is 42.5 Å². The molecule has 0 spiro atoms. The summed E-state index contributed by atoms with van der Waals surface area (Å²) < 4.78 is 31.7. The van der Waals surface area contributed by atoms with Gasteiger partial charge in [0.1, 0.15) is 0 Å². The summed E-state index contributed by atoms with van der Waals surface area (Å²) in [4.78, 5) is 24.0. The number of carbonyl (C=O) groups is 2. The Morgan fingerprint density at radius 3 is 2.32 bits per heavy atom. The number of carbonyl (C=O) groups excluding carboxylic acids is 2. The molecule has 3 aromatic rings. The van der Waals surface area contributed by atoms with Crippen LogP contribution in [0.3, 0.4) is 0 Å². The second-order valence-electron chi connectivity index (χ2n) is 7.00. The van der Waals surface area contributed by atoms with Crippen molar-refractivity contribution in [2.24, 2.45) is 0 Å². The van der Waals surface area contributed by atoms with Crippen LogP contribution in [0.1, 0.15) is 12.5 Å². The summed E-state index contributed by atoms with van der Waals surface area (Å²) in [5.74, 6) is -0.787. The molecule has 7 nitrogen and oxygen atoms in total. The first-order valence-electron chi connectivity index (χ1n) is 9.79. The molecule has 0 unspecified atom stereocenters. The van der Waals surface area contributed by atoms with E-state index in [0.29, 0.717) is 12.3 Å². The van der Waals surface area contributed by atoms with E-state index < -0.39 is 15.9 Å². The number of nitrogens with zero attached hydrogens (tertiary/aromatic N) is 1. The van der Waals surface area contributed by atoms with Crippen molar-refractivity contribution in [1.82, 2.24) is 4.31 Å². The van der Waals surface area contributed by atoms with Crippen LogP contribution >= 0.6 is 0 Å². The van der Waals surface area contributed by atoms with Crippen LogP contribution in [-0.2, 0) is 30.8 Å². The Labute approximate surface area is 181 Å². The molecule has 1 N–H and O–H groups in total. The summed E-state index contributed by atoms with van der Waals surface area (Å²) >= 11 is 0. The van der Waals surface area contributed by atoms with Crippen molar-refractivity contribution in [2.45, 2.75) is 18.2 Å². The zero-order chi connectivity index (χ0) is 22.4. The number of amides is 1. The van der Waals surface area contributed by atoms with Crippen LogP contribution in [0, 0.1) is 0 Å². The lowest BCUT2D eigenvalue weighted by molar-refractivity contribution is -0.142. The van der Waals surface area contributed by atoms with Gasteiger partial charge in [0.15, 0.2) is 0 Å². The van der Waals surface area contributed by atoms with Crippen molar-refractivity contribution in [3.05, 3.63) is 72.3 Å². The van der Waals surface area contributed by atoms with E-state index in [1.165, 1.54) is 13.1 Å². The Balaban J connectivity index is 1.63. The highest BCUT2D eigenvalue weighted by atomic mass is 32.2. The number of hydrogen-bond donors (Lipinski definition) is 1. The highest BCUT2D eigenvalue weighted by molar-refractivity contribution is 7.89. The highest BCUT2D eigenvalue weighted by Gasteiger charge is 2.23. The molecule has 0 aliphatic carbocycles. The van der Waals surface area contributed by atoms with E-state index in [2.05, 4.69) is 5.32 Å². The smallest absolute Gasteiger partial charge is 0.310 e. The van der Waals surface area contributed by atoms with Crippen molar-refractivity contribution < 1.29 is 22.7 Å². The largest absolute Gasteiger partial charge is 0.466 e. The summed E-state index contributed by atoms with van der Waals surface area (Å²) in [5.41, 5.74) is 1.27. The van der Waals surface area contributed by atoms with Gasteiger partial charge in [0.25, 0.3) is 0 Å². The molecular weight excluding hydrogens is 416 g/mol. The first kappa shape index (κ1) is 22.5. The fourth-order valence-electron chi connectivity index (χ4n) is 3.08. The molecule has 0 bridgehead atoms. The summed E-state index contributed by atoms with van der Waals surface area (Å²) in [5, 5.41) is 4.42. The van der Waals surface area contributed by atoms with Crippen molar-refractivity contribution in [1.29, 1.82) is 0 Å². The van der Waals surface area contributed by atoms with E-state index in [9.17, 15) is 18.0 Å². The van der Waals surface area contributed by atoms with Crippen molar-refractivity contribution in [2.75, 3.05) is 25.5 Å². The molecule has 0 aromatic heterocycles. The van der Waals surface area contributed by atoms with E-state index in [0.717, 1.165) is 20.6 Å². The number of fused-ring (bicyclic) bond motifs is 1.